The third kappa shape index (κ3) is 2.81. The molecule has 21 heavy (non-hydrogen) atoms. The van der Waals surface area contributed by atoms with E-state index in [1.807, 2.05) is 0 Å². The van der Waals surface area contributed by atoms with E-state index in [1.165, 1.54) is 6.07 Å². The average molecular weight is 314 g/mol. The lowest BCUT2D eigenvalue weighted by atomic mass is 10.00. The lowest BCUT2D eigenvalue weighted by Crippen LogP contribution is -2.27. The molecule has 2 aliphatic heterocycles. The number of benzene rings is 1. The van der Waals surface area contributed by atoms with Gasteiger partial charge < -0.3 is 4.74 Å². The summed E-state index contributed by atoms with van der Waals surface area (Å²) in [5.74, 6) is 0.161. The monoisotopic (exact) mass is 314 g/mol. The summed E-state index contributed by atoms with van der Waals surface area (Å²) in [6.07, 6.45) is 4.14. The molecule has 114 valence electrons. The molecule has 6 heteroatoms. The van der Waals surface area contributed by atoms with Crippen molar-refractivity contribution >= 4 is 9.84 Å². The standard InChI is InChI=1S/C15H16F2O3S/c16-15(17)20-14-4-2-1-3-11(14)7-10-8-12-5-6-13(9-10)21(12,18)19/h1-4,8,12-13,15H,5-7,9H2. The van der Waals surface area contributed by atoms with Crippen molar-refractivity contribution < 1.29 is 21.9 Å². The lowest BCUT2D eigenvalue weighted by Gasteiger charge is -2.21. The van der Waals surface area contributed by atoms with E-state index in [2.05, 4.69) is 4.74 Å². The number of halogens is 2. The van der Waals surface area contributed by atoms with Gasteiger partial charge in [-0.1, -0.05) is 29.8 Å². The van der Waals surface area contributed by atoms with Crippen LogP contribution in [-0.4, -0.2) is 25.5 Å². The van der Waals surface area contributed by atoms with Crippen molar-refractivity contribution in [1.29, 1.82) is 0 Å². The molecule has 2 unspecified atom stereocenters. The molecule has 0 saturated carbocycles. The second-order valence-electron chi connectivity index (χ2n) is 5.52. The molecule has 1 fully saturated rings. The maximum atomic E-state index is 12.4. The minimum atomic E-state index is -3.01. The van der Waals surface area contributed by atoms with Gasteiger partial charge in [-0.25, -0.2) is 8.42 Å². The molecule has 3 rings (SSSR count). The smallest absolute Gasteiger partial charge is 0.387 e. The molecule has 0 aliphatic carbocycles. The topological polar surface area (TPSA) is 43.4 Å². The van der Waals surface area contributed by atoms with E-state index in [0.717, 1.165) is 5.57 Å². The first-order valence-electron chi connectivity index (χ1n) is 6.92. The number of ether oxygens (including phenoxy) is 1. The average Bonchev–Trinajstić information content (AvgIpc) is 2.61. The second-order valence-corrected chi connectivity index (χ2v) is 7.97. The van der Waals surface area contributed by atoms with E-state index in [9.17, 15) is 17.2 Å². The summed E-state index contributed by atoms with van der Waals surface area (Å²) in [6, 6.07) is 6.66. The molecular weight excluding hydrogens is 298 g/mol. The van der Waals surface area contributed by atoms with Gasteiger partial charge in [0.05, 0.1) is 10.5 Å². The highest BCUT2D eigenvalue weighted by atomic mass is 32.2. The fourth-order valence-corrected chi connectivity index (χ4v) is 5.43. The first kappa shape index (κ1) is 14.5. The van der Waals surface area contributed by atoms with E-state index in [-0.39, 0.29) is 11.0 Å². The normalized spacial score (nSPS) is 26.7. The summed E-state index contributed by atoms with van der Waals surface area (Å²) in [5, 5.41) is -0.694. The Bertz CT molecular complexity index is 667. The number of allylic oxidation sites excluding steroid dienone is 1. The largest absolute Gasteiger partial charge is 0.435 e. The van der Waals surface area contributed by atoms with Crippen LogP contribution >= 0.6 is 0 Å². The SMILES string of the molecule is O=S1(=O)C2C=C(Cc3ccccc3OC(F)F)CC1CC2. The van der Waals surface area contributed by atoms with E-state index in [4.69, 9.17) is 0 Å². The second kappa shape index (κ2) is 5.40. The Morgan fingerprint density at radius 1 is 1.24 bits per heavy atom. The molecule has 3 nitrogen and oxygen atoms in total. The van der Waals surface area contributed by atoms with Crippen LogP contribution in [0.3, 0.4) is 0 Å². The van der Waals surface area contributed by atoms with Crippen molar-refractivity contribution in [3.63, 3.8) is 0 Å². The van der Waals surface area contributed by atoms with Gasteiger partial charge in [0.15, 0.2) is 9.84 Å². The Hall–Kier alpha value is -1.43. The lowest BCUT2D eigenvalue weighted by molar-refractivity contribution is -0.0504. The Balaban J connectivity index is 1.83. The summed E-state index contributed by atoms with van der Waals surface area (Å²) in [7, 11) is -3.01. The molecule has 2 heterocycles. The molecule has 0 amide bonds. The van der Waals surface area contributed by atoms with Gasteiger partial charge in [-0.15, -0.1) is 0 Å². The first-order valence-corrected chi connectivity index (χ1v) is 8.53. The molecule has 1 aromatic carbocycles. The Kier molecular flexibility index (Phi) is 3.73. The van der Waals surface area contributed by atoms with Gasteiger partial charge in [0.1, 0.15) is 5.75 Å². The van der Waals surface area contributed by atoms with Crippen LogP contribution in [0.4, 0.5) is 8.78 Å². The predicted octanol–water partition coefficient (Wildman–Crippen LogP) is 3.11. The van der Waals surface area contributed by atoms with Crippen molar-refractivity contribution in [2.75, 3.05) is 0 Å². The molecule has 1 saturated heterocycles. The molecule has 2 atom stereocenters. The van der Waals surface area contributed by atoms with Crippen molar-refractivity contribution in [2.24, 2.45) is 0 Å². The number of alkyl halides is 2. The third-order valence-electron chi connectivity index (χ3n) is 4.18. The van der Waals surface area contributed by atoms with Crippen LogP contribution in [0.5, 0.6) is 5.75 Å². The van der Waals surface area contributed by atoms with Gasteiger partial charge in [-0.2, -0.15) is 8.78 Å². The van der Waals surface area contributed by atoms with Gasteiger partial charge in [0.2, 0.25) is 0 Å². The number of para-hydroxylation sites is 1. The highest BCUT2D eigenvalue weighted by Crippen LogP contribution is 2.39. The van der Waals surface area contributed by atoms with Gasteiger partial charge in [0, 0.05) is 0 Å². The Morgan fingerprint density at radius 2 is 2.00 bits per heavy atom. The third-order valence-corrected chi connectivity index (χ3v) is 6.72. The van der Waals surface area contributed by atoms with E-state index < -0.39 is 21.7 Å². The zero-order valence-electron chi connectivity index (χ0n) is 11.3. The molecular formula is C15H16F2O3S. The number of rotatable bonds is 4. The van der Waals surface area contributed by atoms with Crippen LogP contribution in [0, 0.1) is 0 Å². The van der Waals surface area contributed by atoms with Crippen LogP contribution in [0.1, 0.15) is 24.8 Å². The van der Waals surface area contributed by atoms with E-state index >= 15 is 0 Å². The molecule has 1 aromatic rings. The fraction of sp³-hybridized carbons (Fsp3) is 0.467. The summed E-state index contributed by atoms with van der Waals surface area (Å²) >= 11 is 0. The van der Waals surface area contributed by atoms with Gasteiger partial charge >= 0.3 is 6.61 Å². The van der Waals surface area contributed by atoms with Crippen LogP contribution < -0.4 is 4.74 Å². The number of fused-ring (bicyclic) bond motifs is 2. The minimum absolute atomic E-state index is 0.161. The molecule has 0 radical (unpaired) electrons. The first-order chi connectivity index (χ1) is 9.96. The van der Waals surface area contributed by atoms with Crippen LogP contribution in [0.2, 0.25) is 0 Å². The Labute approximate surface area is 122 Å². The molecule has 0 N–H and O–H groups in total. The van der Waals surface area contributed by atoms with E-state index in [0.29, 0.717) is 31.2 Å². The summed E-state index contributed by atoms with van der Waals surface area (Å²) < 4.78 is 53.3. The zero-order chi connectivity index (χ0) is 15.0. The fourth-order valence-electron chi connectivity index (χ4n) is 3.18. The highest BCUT2D eigenvalue weighted by molar-refractivity contribution is 7.93. The highest BCUT2D eigenvalue weighted by Gasteiger charge is 2.42. The number of hydrogen-bond donors (Lipinski definition) is 0. The quantitative estimate of drug-likeness (QED) is 0.802. The van der Waals surface area contributed by atoms with Crippen molar-refractivity contribution in [3.8, 4) is 5.75 Å². The van der Waals surface area contributed by atoms with Gasteiger partial charge in [0.25, 0.3) is 0 Å². The molecule has 0 aromatic heterocycles. The molecule has 0 spiro atoms. The van der Waals surface area contributed by atoms with Crippen molar-refractivity contribution in [1.82, 2.24) is 0 Å². The maximum absolute atomic E-state index is 12.4. The van der Waals surface area contributed by atoms with Crippen LogP contribution in [0.15, 0.2) is 35.9 Å². The Morgan fingerprint density at radius 3 is 2.71 bits per heavy atom. The number of hydrogen-bond acceptors (Lipinski definition) is 3. The molecule has 2 aliphatic rings. The van der Waals surface area contributed by atoms with Crippen LogP contribution in [-0.2, 0) is 16.3 Å². The maximum Gasteiger partial charge on any atom is 0.387 e. The van der Waals surface area contributed by atoms with Gasteiger partial charge in [-0.3, -0.25) is 0 Å². The molecule has 2 bridgehead atoms. The zero-order valence-corrected chi connectivity index (χ0v) is 12.2. The summed E-state index contributed by atoms with van der Waals surface area (Å²) in [6.45, 7) is -2.86. The number of sulfone groups is 1. The summed E-state index contributed by atoms with van der Waals surface area (Å²) in [5.41, 5.74) is 1.67. The van der Waals surface area contributed by atoms with Gasteiger partial charge in [-0.05, 0) is 37.3 Å². The predicted molar refractivity (Wildman–Crippen MR) is 75.2 cm³/mol. The minimum Gasteiger partial charge on any atom is -0.435 e. The van der Waals surface area contributed by atoms with Crippen LogP contribution in [0.25, 0.3) is 0 Å². The van der Waals surface area contributed by atoms with E-state index in [1.54, 1.807) is 24.3 Å². The van der Waals surface area contributed by atoms with Crippen molar-refractivity contribution in [3.05, 3.63) is 41.5 Å². The van der Waals surface area contributed by atoms with Crippen molar-refractivity contribution in [2.45, 2.75) is 42.8 Å². The summed E-state index contributed by atoms with van der Waals surface area (Å²) in [4.78, 5) is 0.